The van der Waals surface area contributed by atoms with Crippen LogP contribution in [-0.4, -0.2) is 11.9 Å². The number of carbonyl (C=O) groups excluding carboxylic acids is 1. The van der Waals surface area contributed by atoms with Gasteiger partial charge in [0.15, 0.2) is 5.78 Å². The molecule has 0 aliphatic heterocycles. The summed E-state index contributed by atoms with van der Waals surface area (Å²) in [5, 5.41) is 0. The lowest BCUT2D eigenvalue weighted by Crippen LogP contribution is -2.38. The van der Waals surface area contributed by atoms with E-state index in [9.17, 15) is 4.79 Å². The van der Waals surface area contributed by atoms with E-state index in [1.54, 1.807) is 6.92 Å². The van der Waals surface area contributed by atoms with Gasteiger partial charge in [-0.05, 0) is 0 Å². The van der Waals surface area contributed by atoms with Gasteiger partial charge in [0.05, 0.1) is 0 Å². The van der Waals surface area contributed by atoms with Gasteiger partial charge in [0, 0.05) is 6.42 Å². The zero-order valence-electron chi connectivity index (χ0n) is 4.35. The lowest BCUT2D eigenvalue weighted by Gasteiger charge is -1.97. The maximum Gasteiger partial charge on any atom is 0.163 e. The molecule has 0 rings (SSSR count). The van der Waals surface area contributed by atoms with E-state index in [1.165, 1.54) is 0 Å². The average Bonchev–Trinajstić information content (AvgIpc) is 1.65. The van der Waals surface area contributed by atoms with Gasteiger partial charge in [-0.1, -0.05) is 6.92 Å². The Hall–Kier alpha value is -0.410. The van der Waals surface area contributed by atoms with Crippen molar-refractivity contribution >= 4 is 5.78 Å². The summed E-state index contributed by atoms with van der Waals surface area (Å²) in [7, 11) is 0. The van der Waals surface area contributed by atoms with E-state index in [2.05, 4.69) is 0 Å². The molecule has 0 heterocycles. The van der Waals surface area contributed by atoms with Gasteiger partial charge in [-0.2, -0.15) is 0 Å². The van der Waals surface area contributed by atoms with Crippen molar-refractivity contribution in [2.45, 2.75) is 19.5 Å². The van der Waals surface area contributed by atoms with Crippen LogP contribution < -0.4 is 11.5 Å². The highest BCUT2D eigenvalue weighted by molar-refractivity contribution is 5.82. The normalized spacial score (nSPS) is 9.71. The molecule has 0 amide bonds. The van der Waals surface area contributed by atoms with E-state index in [-0.39, 0.29) is 5.78 Å². The number of rotatable bonds is 2. The Morgan fingerprint density at radius 3 is 2.14 bits per heavy atom. The summed E-state index contributed by atoms with van der Waals surface area (Å²) in [5.74, 6) is -0.0972. The Morgan fingerprint density at radius 2 is 2.14 bits per heavy atom. The van der Waals surface area contributed by atoms with E-state index in [0.717, 1.165) is 0 Å². The Balaban J connectivity index is 3.35. The average molecular weight is 102 g/mol. The van der Waals surface area contributed by atoms with Crippen molar-refractivity contribution in [2.75, 3.05) is 0 Å². The zero-order valence-corrected chi connectivity index (χ0v) is 4.35. The molecule has 0 saturated heterocycles. The van der Waals surface area contributed by atoms with Crippen molar-refractivity contribution < 1.29 is 4.79 Å². The molecular weight excluding hydrogens is 92.1 g/mol. The fourth-order valence-electron chi connectivity index (χ4n) is 0.236. The highest BCUT2D eigenvalue weighted by Gasteiger charge is 2.01. The van der Waals surface area contributed by atoms with Crippen LogP contribution in [0.4, 0.5) is 0 Å². The molecule has 0 aliphatic rings. The van der Waals surface area contributed by atoms with Crippen LogP contribution in [0.2, 0.25) is 0 Å². The molecule has 0 saturated carbocycles. The van der Waals surface area contributed by atoms with Gasteiger partial charge in [0.25, 0.3) is 0 Å². The molecule has 0 spiro atoms. The fourth-order valence-corrected chi connectivity index (χ4v) is 0.236. The molecule has 42 valence electrons. The Bertz CT molecular complexity index is 70.1. The van der Waals surface area contributed by atoms with Gasteiger partial charge >= 0.3 is 0 Å². The second kappa shape index (κ2) is 2.71. The minimum absolute atomic E-state index is 0.0972. The maximum atomic E-state index is 10.3. The molecule has 0 aromatic rings. The van der Waals surface area contributed by atoms with Crippen molar-refractivity contribution in [3.05, 3.63) is 0 Å². The lowest BCUT2D eigenvalue weighted by atomic mass is 10.3. The summed E-state index contributed by atoms with van der Waals surface area (Å²) in [6.07, 6.45) is -0.345. The summed E-state index contributed by atoms with van der Waals surface area (Å²) >= 11 is 0. The van der Waals surface area contributed by atoms with Gasteiger partial charge in [0.2, 0.25) is 0 Å². The molecule has 0 fully saturated rings. The van der Waals surface area contributed by atoms with Crippen LogP contribution in [0.25, 0.3) is 0 Å². The molecule has 0 aliphatic carbocycles. The zero-order chi connectivity index (χ0) is 5.86. The fraction of sp³-hybridized carbons (Fsp3) is 0.750. The molecular formula is C4H10N2O. The van der Waals surface area contributed by atoms with Crippen LogP contribution in [0, 0.1) is 0 Å². The molecule has 0 aromatic heterocycles. The van der Waals surface area contributed by atoms with Crippen molar-refractivity contribution in [3.8, 4) is 0 Å². The van der Waals surface area contributed by atoms with E-state index in [0.29, 0.717) is 6.42 Å². The lowest BCUT2D eigenvalue weighted by molar-refractivity contribution is -0.119. The van der Waals surface area contributed by atoms with Crippen molar-refractivity contribution in [1.29, 1.82) is 0 Å². The van der Waals surface area contributed by atoms with E-state index < -0.39 is 6.17 Å². The molecule has 0 unspecified atom stereocenters. The van der Waals surface area contributed by atoms with Gasteiger partial charge in [-0.25, -0.2) is 0 Å². The number of Topliss-reactive ketones (excluding diaryl/α,β-unsaturated/α-hetero) is 1. The Labute approximate surface area is 42.7 Å². The molecule has 0 radical (unpaired) electrons. The number of carbonyl (C=O) groups is 1. The van der Waals surface area contributed by atoms with E-state index >= 15 is 0 Å². The van der Waals surface area contributed by atoms with Crippen LogP contribution in [0.1, 0.15) is 13.3 Å². The summed E-state index contributed by atoms with van der Waals surface area (Å²) in [6, 6.07) is 0. The third kappa shape index (κ3) is 2.31. The highest BCUT2D eigenvalue weighted by Crippen LogP contribution is 1.77. The second-order valence-electron chi connectivity index (χ2n) is 1.35. The maximum absolute atomic E-state index is 10.3. The molecule has 4 N–H and O–H groups in total. The second-order valence-corrected chi connectivity index (χ2v) is 1.35. The predicted octanol–water partition coefficient (Wildman–Crippen LogP) is -0.791. The topological polar surface area (TPSA) is 69.1 Å². The minimum Gasteiger partial charge on any atom is -0.310 e. The molecule has 7 heavy (non-hydrogen) atoms. The molecule has 0 aromatic carbocycles. The first-order valence-corrected chi connectivity index (χ1v) is 2.22. The number of ketones is 1. The SMILES string of the molecule is CCC(=O)C(N)N. The van der Waals surface area contributed by atoms with Crippen LogP contribution in [0.5, 0.6) is 0 Å². The first-order valence-electron chi connectivity index (χ1n) is 2.22. The standard InChI is InChI=1S/C4H10N2O/c1-2-3(7)4(5)6/h4H,2,5-6H2,1H3. The van der Waals surface area contributed by atoms with Crippen LogP contribution in [0.15, 0.2) is 0 Å². The first-order chi connectivity index (χ1) is 3.18. The van der Waals surface area contributed by atoms with Gasteiger partial charge < -0.3 is 11.5 Å². The highest BCUT2D eigenvalue weighted by atomic mass is 16.1. The van der Waals surface area contributed by atoms with Crippen molar-refractivity contribution in [3.63, 3.8) is 0 Å². The Kier molecular flexibility index (Phi) is 2.55. The monoisotopic (exact) mass is 102 g/mol. The third-order valence-electron chi connectivity index (χ3n) is 0.720. The molecule has 3 nitrogen and oxygen atoms in total. The largest absolute Gasteiger partial charge is 0.310 e. The predicted molar refractivity (Wildman–Crippen MR) is 27.5 cm³/mol. The van der Waals surface area contributed by atoms with Crippen LogP contribution in [-0.2, 0) is 4.79 Å². The molecule has 0 bridgehead atoms. The van der Waals surface area contributed by atoms with E-state index in [4.69, 9.17) is 11.5 Å². The third-order valence-corrected chi connectivity index (χ3v) is 0.720. The first kappa shape index (κ1) is 6.59. The van der Waals surface area contributed by atoms with Gasteiger partial charge in [-0.3, -0.25) is 4.79 Å². The van der Waals surface area contributed by atoms with Crippen molar-refractivity contribution in [2.24, 2.45) is 11.5 Å². The summed E-state index contributed by atoms with van der Waals surface area (Å²) in [5.41, 5.74) is 9.95. The summed E-state index contributed by atoms with van der Waals surface area (Å²) in [6.45, 7) is 1.73. The van der Waals surface area contributed by atoms with Gasteiger partial charge in [0.1, 0.15) is 6.17 Å². The van der Waals surface area contributed by atoms with Crippen molar-refractivity contribution in [1.82, 2.24) is 0 Å². The Morgan fingerprint density at radius 1 is 1.71 bits per heavy atom. The van der Waals surface area contributed by atoms with E-state index in [1.807, 2.05) is 0 Å². The molecule has 3 heteroatoms. The summed E-state index contributed by atoms with van der Waals surface area (Å²) < 4.78 is 0. The minimum atomic E-state index is -0.773. The number of hydrogen-bond donors (Lipinski definition) is 2. The summed E-state index contributed by atoms with van der Waals surface area (Å²) in [4.78, 5) is 10.3. The van der Waals surface area contributed by atoms with Crippen LogP contribution in [0.3, 0.4) is 0 Å². The van der Waals surface area contributed by atoms with Crippen LogP contribution >= 0.6 is 0 Å². The van der Waals surface area contributed by atoms with Gasteiger partial charge in [-0.15, -0.1) is 0 Å². The number of hydrogen-bond acceptors (Lipinski definition) is 3. The number of nitrogens with two attached hydrogens (primary N) is 2. The quantitative estimate of drug-likeness (QED) is 0.449. The smallest absolute Gasteiger partial charge is 0.163 e. The molecule has 0 atom stereocenters.